The monoisotopic (exact) mass is 371 g/mol. The molecule has 0 aliphatic rings. The predicted molar refractivity (Wildman–Crippen MR) is 100 cm³/mol. The Bertz CT molecular complexity index is 778. The summed E-state index contributed by atoms with van der Waals surface area (Å²) in [6.45, 7) is 0.404. The number of non-ortho nitro benzene ring substituents is 1. The number of carboxylic acid groups (broad SMARTS) is 1. The topological polar surface area (TPSA) is 113 Å². The Morgan fingerprint density at radius 3 is 2.33 bits per heavy atom. The predicted octanol–water partition coefficient (Wildman–Crippen LogP) is 2.90. The summed E-state index contributed by atoms with van der Waals surface area (Å²) in [5.74, 6) is -1.28. The van der Waals surface area contributed by atoms with Crippen molar-refractivity contribution in [1.29, 1.82) is 0 Å². The van der Waals surface area contributed by atoms with Crippen molar-refractivity contribution in [1.82, 2.24) is 4.90 Å². The first-order valence-corrected chi connectivity index (χ1v) is 8.47. The largest absolute Gasteiger partial charge is 0.480 e. The molecule has 2 N–H and O–H groups in total. The second kappa shape index (κ2) is 9.91. The number of anilines is 1. The minimum absolute atomic E-state index is 0.0148. The molecule has 0 spiro atoms. The van der Waals surface area contributed by atoms with Crippen molar-refractivity contribution in [2.24, 2.45) is 0 Å². The summed E-state index contributed by atoms with van der Waals surface area (Å²) in [5.41, 5.74) is 1.61. The smallest absolute Gasteiger partial charge is 0.323 e. The average Bonchev–Trinajstić information content (AvgIpc) is 2.65. The fourth-order valence-electron chi connectivity index (χ4n) is 2.53. The normalized spacial score (nSPS) is 10.2. The number of nitrogens with one attached hydrogen (secondary N) is 1. The molecule has 2 aromatic rings. The maximum atomic E-state index is 12.4. The van der Waals surface area contributed by atoms with Crippen LogP contribution in [-0.2, 0) is 16.1 Å². The molecule has 0 saturated carbocycles. The first-order chi connectivity index (χ1) is 13.0. The number of nitrogens with zero attached hydrogens (tertiary/aromatic N) is 2. The van der Waals surface area contributed by atoms with E-state index in [1.165, 1.54) is 17.0 Å². The number of nitro benzene ring substituents is 1. The number of carboxylic acids is 1. The van der Waals surface area contributed by atoms with Crippen LogP contribution in [0.15, 0.2) is 54.6 Å². The summed E-state index contributed by atoms with van der Waals surface area (Å²) >= 11 is 0. The number of hydrogen-bond acceptors (Lipinski definition) is 5. The molecular formula is C19H21N3O5. The Morgan fingerprint density at radius 1 is 1.07 bits per heavy atom. The molecule has 0 aliphatic heterocycles. The lowest BCUT2D eigenvalue weighted by atomic mass is 10.2. The van der Waals surface area contributed by atoms with Gasteiger partial charge < -0.3 is 15.3 Å². The van der Waals surface area contributed by atoms with E-state index in [2.05, 4.69) is 5.32 Å². The lowest BCUT2D eigenvalue weighted by Crippen LogP contribution is -2.35. The van der Waals surface area contributed by atoms with Gasteiger partial charge in [0.2, 0.25) is 5.91 Å². The molecule has 0 aromatic heterocycles. The second-order valence-electron chi connectivity index (χ2n) is 5.96. The molecule has 0 heterocycles. The SMILES string of the molecule is O=C(O)CN(Cc1ccccc1)C(=O)CCCNc1ccc([N+](=O)[O-])cc1. The van der Waals surface area contributed by atoms with Crippen molar-refractivity contribution in [2.45, 2.75) is 19.4 Å². The number of benzene rings is 2. The van der Waals surface area contributed by atoms with Crippen LogP contribution >= 0.6 is 0 Å². The van der Waals surface area contributed by atoms with Gasteiger partial charge in [0.25, 0.3) is 5.69 Å². The number of rotatable bonds is 10. The van der Waals surface area contributed by atoms with Crippen molar-refractivity contribution >= 4 is 23.3 Å². The van der Waals surface area contributed by atoms with E-state index in [-0.39, 0.29) is 31.1 Å². The highest BCUT2D eigenvalue weighted by Gasteiger charge is 2.16. The molecule has 8 heteroatoms. The molecule has 0 atom stereocenters. The summed E-state index contributed by atoms with van der Waals surface area (Å²) < 4.78 is 0. The zero-order valence-electron chi connectivity index (χ0n) is 14.7. The van der Waals surface area contributed by atoms with Gasteiger partial charge in [-0.1, -0.05) is 30.3 Å². The van der Waals surface area contributed by atoms with Gasteiger partial charge in [0, 0.05) is 37.3 Å². The Morgan fingerprint density at radius 2 is 1.74 bits per heavy atom. The van der Waals surface area contributed by atoms with Crippen molar-refractivity contribution < 1.29 is 19.6 Å². The third-order valence-electron chi connectivity index (χ3n) is 3.87. The van der Waals surface area contributed by atoms with Crippen LogP contribution in [0, 0.1) is 10.1 Å². The molecule has 0 bridgehead atoms. The average molecular weight is 371 g/mol. The zero-order chi connectivity index (χ0) is 19.6. The molecule has 0 saturated heterocycles. The molecule has 1 amide bonds. The lowest BCUT2D eigenvalue weighted by Gasteiger charge is -2.21. The van der Waals surface area contributed by atoms with E-state index in [1.54, 1.807) is 12.1 Å². The Balaban J connectivity index is 1.82. The summed E-state index contributed by atoms with van der Waals surface area (Å²) in [7, 11) is 0. The molecule has 0 radical (unpaired) electrons. The Hall–Kier alpha value is -3.42. The molecule has 142 valence electrons. The van der Waals surface area contributed by atoms with Crippen molar-refractivity contribution in [2.75, 3.05) is 18.4 Å². The highest BCUT2D eigenvalue weighted by atomic mass is 16.6. The Kier molecular flexibility index (Phi) is 7.30. The molecule has 8 nitrogen and oxygen atoms in total. The fourth-order valence-corrected chi connectivity index (χ4v) is 2.53. The van der Waals surface area contributed by atoms with Gasteiger partial charge in [-0.3, -0.25) is 19.7 Å². The van der Waals surface area contributed by atoms with Crippen molar-refractivity contribution in [3.63, 3.8) is 0 Å². The van der Waals surface area contributed by atoms with Crippen LogP contribution < -0.4 is 5.32 Å². The number of hydrogen-bond donors (Lipinski definition) is 2. The highest BCUT2D eigenvalue weighted by Crippen LogP contribution is 2.15. The first-order valence-electron chi connectivity index (χ1n) is 8.47. The number of carbonyl (C=O) groups is 2. The summed E-state index contributed by atoms with van der Waals surface area (Å²) in [6, 6.07) is 15.2. The summed E-state index contributed by atoms with van der Waals surface area (Å²) in [5, 5.41) is 22.7. The fraction of sp³-hybridized carbons (Fsp3) is 0.263. The van der Waals surface area contributed by atoms with E-state index in [1.807, 2.05) is 30.3 Å². The van der Waals surface area contributed by atoms with E-state index in [0.717, 1.165) is 11.3 Å². The van der Waals surface area contributed by atoms with Crippen LogP contribution in [0.3, 0.4) is 0 Å². The maximum absolute atomic E-state index is 12.4. The lowest BCUT2D eigenvalue weighted by molar-refractivity contribution is -0.384. The summed E-state index contributed by atoms with van der Waals surface area (Å²) in [6.07, 6.45) is 0.723. The Labute approximate surface area is 156 Å². The van der Waals surface area contributed by atoms with Crippen LogP contribution in [0.5, 0.6) is 0 Å². The minimum atomic E-state index is -1.05. The quantitative estimate of drug-likeness (QED) is 0.377. The van der Waals surface area contributed by atoms with Crippen LogP contribution in [-0.4, -0.2) is 39.9 Å². The van der Waals surface area contributed by atoms with E-state index < -0.39 is 10.9 Å². The molecule has 0 aliphatic carbocycles. The molecule has 0 fully saturated rings. The molecule has 2 rings (SSSR count). The number of amides is 1. The van der Waals surface area contributed by atoms with E-state index >= 15 is 0 Å². The van der Waals surface area contributed by atoms with Gasteiger partial charge in [-0.15, -0.1) is 0 Å². The van der Waals surface area contributed by atoms with Crippen molar-refractivity contribution in [3.05, 3.63) is 70.3 Å². The summed E-state index contributed by atoms with van der Waals surface area (Å²) in [4.78, 5) is 34.9. The van der Waals surface area contributed by atoms with E-state index in [9.17, 15) is 19.7 Å². The van der Waals surface area contributed by atoms with Gasteiger partial charge in [-0.25, -0.2) is 0 Å². The highest BCUT2D eigenvalue weighted by molar-refractivity contribution is 5.81. The number of carbonyl (C=O) groups excluding carboxylic acids is 1. The molecule has 0 unspecified atom stereocenters. The maximum Gasteiger partial charge on any atom is 0.323 e. The van der Waals surface area contributed by atoms with E-state index in [0.29, 0.717) is 13.0 Å². The van der Waals surface area contributed by atoms with Crippen LogP contribution in [0.4, 0.5) is 11.4 Å². The molecular weight excluding hydrogens is 350 g/mol. The first kappa shape index (κ1) is 19.9. The van der Waals surface area contributed by atoms with Gasteiger partial charge >= 0.3 is 5.97 Å². The van der Waals surface area contributed by atoms with E-state index in [4.69, 9.17) is 5.11 Å². The van der Waals surface area contributed by atoms with Gasteiger partial charge in [-0.05, 0) is 24.1 Å². The van der Waals surface area contributed by atoms with Gasteiger partial charge in [-0.2, -0.15) is 0 Å². The van der Waals surface area contributed by atoms with Gasteiger partial charge in [0.15, 0.2) is 0 Å². The minimum Gasteiger partial charge on any atom is -0.480 e. The second-order valence-corrected chi connectivity index (χ2v) is 5.96. The van der Waals surface area contributed by atoms with Crippen LogP contribution in [0.1, 0.15) is 18.4 Å². The third-order valence-corrected chi connectivity index (χ3v) is 3.87. The van der Waals surface area contributed by atoms with Gasteiger partial charge in [0.1, 0.15) is 6.54 Å². The molecule has 2 aromatic carbocycles. The van der Waals surface area contributed by atoms with Crippen molar-refractivity contribution in [3.8, 4) is 0 Å². The number of aliphatic carboxylic acids is 1. The van der Waals surface area contributed by atoms with Gasteiger partial charge in [0.05, 0.1) is 4.92 Å². The van der Waals surface area contributed by atoms with Crippen LogP contribution in [0.2, 0.25) is 0 Å². The number of nitro groups is 1. The third kappa shape index (κ3) is 6.77. The zero-order valence-corrected chi connectivity index (χ0v) is 14.7. The standard InChI is InChI=1S/C19H21N3O5/c23-18(21(14-19(24)25)13-15-5-2-1-3-6-15)7-4-12-20-16-8-10-17(11-9-16)22(26)27/h1-3,5-6,8-11,20H,4,7,12-14H2,(H,24,25). The van der Waals surface area contributed by atoms with Crippen LogP contribution in [0.25, 0.3) is 0 Å². The molecule has 27 heavy (non-hydrogen) atoms.